The molecular weight excluding hydrogens is 290 g/mol. The first-order valence-corrected chi connectivity index (χ1v) is 8.01. The molecule has 0 unspecified atom stereocenters. The third-order valence-electron chi connectivity index (χ3n) is 4.17. The molecule has 0 spiro atoms. The number of nitrogens with zero attached hydrogens (tertiary/aromatic N) is 3. The van der Waals surface area contributed by atoms with Gasteiger partial charge in [-0.05, 0) is 38.1 Å². The molecule has 0 amide bonds. The van der Waals surface area contributed by atoms with Gasteiger partial charge in [-0.1, -0.05) is 0 Å². The molecule has 1 aliphatic rings. The Labute approximate surface area is 137 Å². The fraction of sp³-hybridized carbons (Fsp3) is 0.444. The van der Waals surface area contributed by atoms with Gasteiger partial charge in [0.25, 0.3) is 0 Å². The predicted octanol–water partition coefficient (Wildman–Crippen LogP) is 3.15. The normalized spacial score (nSPS) is 15.5. The third kappa shape index (κ3) is 3.73. The molecule has 122 valence electrons. The molecule has 1 saturated heterocycles. The highest BCUT2D eigenvalue weighted by molar-refractivity contribution is 5.45. The minimum atomic E-state index is 0.253. The molecule has 3 rings (SSSR count). The Morgan fingerprint density at radius 2 is 1.70 bits per heavy atom. The highest BCUT2D eigenvalue weighted by atomic mass is 16.5. The van der Waals surface area contributed by atoms with E-state index in [1.807, 2.05) is 37.4 Å². The standard InChI is InChI=1S/C18H23N3O2/c1-13-12-19-14(2)20-18(13)21-10-8-17(9-11-21)23-16-6-4-15(22-3)5-7-16/h4-7,12,17H,8-11H2,1-3H3. The zero-order chi connectivity index (χ0) is 16.2. The minimum Gasteiger partial charge on any atom is -0.497 e. The number of rotatable bonds is 4. The number of hydrogen-bond donors (Lipinski definition) is 0. The van der Waals surface area contributed by atoms with Crippen LogP contribution in [0.5, 0.6) is 11.5 Å². The zero-order valence-corrected chi connectivity index (χ0v) is 14.0. The second-order valence-corrected chi connectivity index (χ2v) is 5.90. The number of ether oxygens (including phenoxy) is 2. The lowest BCUT2D eigenvalue weighted by Crippen LogP contribution is -2.39. The van der Waals surface area contributed by atoms with Crippen molar-refractivity contribution in [3.05, 3.63) is 41.9 Å². The van der Waals surface area contributed by atoms with Gasteiger partial charge in [0.15, 0.2) is 0 Å². The predicted molar refractivity (Wildman–Crippen MR) is 90.4 cm³/mol. The molecule has 0 atom stereocenters. The fourth-order valence-corrected chi connectivity index (χ4v) is 2.87. The summed E-state index contributed by atoms with van der Waals surface area (Å²) in [7, 11) is 1.67. The molecule has 23 heavy (non-hydrogen) atoms. The van der Waals surface area contributed by atoms with Crippen LogP contribution in [0.15, 0.2) is 30.5 Å². The molecule has 0 N–H and O–H groups in total. The molecule has 0 aliphatic carbocycles. The van der Waals surface area contributed by atoms with Crippen molar-refractivity contribution in [1.82, 2.24) is 9.97 Å². The SMILES string of the molecule is COc1ccc(OC2CCN(c3nc(C)ncc3C)CC2)cc1. The summed E-state index contributed by atoms with van der Waals surface area (Å²) in [5.74, 6) is 3.63. The topological polar surface area (TPSA) is 47.5 Å². The van der Waals surface area contributed by atoms with Gasteiger partial charge >= 0.3 is 0 Å². The number of piperidine rings is 1. The van der Waals surface area contributed by atoms with Crippen LogP contribution in [0.3, 0.4) is 0 Å². The van der Waals surface area contributed by atoms with Crippen molar-refractivity contribution in [2.75, 3.05) is 25.1 Å². The van der Waals surface area contributed by atoms with Crippen LogP contribution in [0.1, 0.15) is 24.2 Å². The molecule has 5 nitrogen and oxygen atoms in total. The van der Waals surface area contributed by atoms with Crippen LogP contribution >= 0.6 is 0 Å². The number of benzene rings is 1. The largest absolute Gasteiger partial charge is 0.497 e. The summed E-state index contributed by atoms with van der Waals surface area (Å²) in [4.78, 5) is 11.2. The quantitative estimate of drug-likeness (QED) is 0.868. The number of anilines is 1. The highest BCUT2D eigenvalue weighted by Crippen LogP contribution is 2.25. The monoisotopic (exact) mass is 313 g/mol. The van der Waals surface area contributed by atoms with Crippen molar-refractivity contribution in [3.8, 4) is 11.5 Å². The molecule has 1 fully saturated rings. The van der Waals surface area contributed by atoms with Gasteiger partial charge in [-0.3, -0.25) is 0 Å². The second-order valence-electron chi connectivity index (χ2n) is 5.90. The molecule has 5 heteroatoms. The zero-order valence-electron chi connectivity index (χ0n) is 14.0. The van der Waals surface area contributed by atoms with E-state index in [-0.39, 0.29) is 6.10 Å². The summed E-state index contributed by atoms with van der Waals surface area (Å²) in [6, 6.07) is 7.78. The van der Waals surface area contributed by atoms with Crippen molar-refractivity contribution < 1.29 is 9.47 Å². The van der Waals surface area contributed by atoms with Crippen LogP contribution in [-0.4, -0.2) is 36.3 Å². The van der Waals surface area contributed by atoms with Crippen molar-refractivity contribution in [3.63, 3.8) is 0 Å². The van der Waals surface area contributed by atoms with Gasteiger partial charge in [-0.15, -0.1) is 0 Å². The van der Waals surface area contributed by atoms with Gasteiger partial charge in [0, 0.05) is 37.7 Å². The average Bonchev–Trinajstić information content (AvgIpc) is 2.58. The lowest BCUT2D eigenvalue weighted by Gasteiger charge is -2.33. The lowest BCUT2D eigenvalue weighted by atomic mass is 10.1. The Balaban J connectivity index is 1.58. The molecule has 0 saturated carbocycles. The van der Waals surface area contributed by atoms with Crippen LogP contribution < -0.4 is 14.4 Å². The highest BCUT2D eigenvalue weighted by Gasteiger charge is 2.22. The molecule has 0 radical (unpaired) electrons. The first kappa shape index (κ1) is 15.6. The van der Waals surface area contributed by atoms with E-state index >= 15 is 0 Å². The summed E-state index contributed by atoms with van der Waals surface area (Å²) in [6.07, 6.45) is 4.14. The number of hydrogen-bond acceptors (Lipinski definition) is 5. The van der Waals surface area contributed by atoms with E-state index in [4.69, 9.17) is 9.47 Å². The van der Waals surface area contributed by atoms with Crippen LogP contribution in [0.4, 0.5) is 5.82 Å². The van der Waals surface area contributed by atoms with Crippen molar-refractivity contribution in [1.29, 1.82) is 0 Å². The molecule has 1 aromatic carbocycles. The fourth-order valence-electron chi connectivity index (χ4n) is 2.87. The first-order chi connectivity index (χ1) is 11.2. The van der Waals surface area contributed by atoms with E-state index in [0.717, 1.165) is 54.6 Å². The number of aromatic nitrogens is 2. The van der Waals surface area contributed by atoms with Crippen LogP contribution in [0.2, 0.25) is 0 Å². The summed E-state index contributed by atoms with van der Waals surface area (Å²) in [5, 5.41) is 0. The summed E-state index contributed by atoms with van der Waals surface area (Å²) in [6.45, 7) is 5.91. The molecular formula is C18H23N3O2. The van der Waals surface area contributed by atoms with Crippen LogP contribution in [0, 0.1) is 13.8 Å². The Morgan fingerprint density at radius 1 is 1.04 bits per heavy atom. The van der Waals surface area contributed by atoms with E-state index in [2.05, 4.69) is 21.8 Å². The maximum absolute atomic E-state index is 6.08. The van der Waals surface area contributed by atoms with Gasteiger partial charge in [0.1, 0.15) is 29.2 Å². The lowest BCUT2D eigenvalue weighted by molar-refractivity contribution is 0.170. The van der Waals surface area contributed by atoms with E-state index in [0.29, 0.717) is 0 Å². The van der Waals surface area contributed by atoms with Gasteiger partial charge in [0.05, 0.1) is 7.11 Å². The van der Waals surface area contributed by atoms with E-state index < -0.39 is 0 Å². The molecule has 0 bridgehead atoms. The van der Waals surface area contributed by atoms with Crippen molar-refractivity contribution in [2.24, 2.45) is 0 Å². The Hall–Kier alpha value is -2.30. The minimum absolute atomic E-state index is 0.253. The smallest absolute Gasteiger partial charge is 0.135 e. The van der Waals surface area contributed by atoms with Crippen molar-refractivity contribution >= 4 is 5.82 Å². The summed E-state index contributed by atoms with van der Waals surface area (Å²) < 4.78 is 11.2. The Kier molecular flexibility index (Phi) is 4.65. The molecule has 2 heterocycles. The average molecular weight is 313 g/mol. The van der Waals surface area contributed by atoms with E-state index in [1.165, 1.54) is 0 Å². The van der Waals surface area contributed by atoms with Gasteiger partial charge in [-0.25, -0.2) is 9.97 Å². The third-order valence-corrected chi connectivity index (χ3v) is 4.17. The maximum atomic E-state index is 6.08. The van der Waals surface area contributed by atoms with Gasteiger partial charge in [-0.2, -0.15) is 0 Å². The number of aryl methyl sites for hydroxylation is 2. The Bertz CT molecular complexity index is 650. The van der Waals surface area contributed by atoms with Crippen LogP contribution in [-0.2, 0) is 0 Å². The summed E-state index contributed by atoms with van der Waals surface area (Å²) in [5.41, 5.74) is 1.13. The van der Waals surface area contributed by atoms with E-state index in [9.17, 15) is 0 Å². The maximum Gasteiger partial charge on any atom is 0.135 e. The Morgan fingerprint density at radius 3 is 2.35 bits per heavy atom. The van der Waals surface area contributed by atoms with Gasteiger partial charge < -0.3 is 14.4 Å². The summed E-state index contributed by atoms with van der Waals surface area (Å²) >= 11 is 0. The number of methoxy groups -OCH3 is 1. The van der Waals surface area contributed by atoms with Crippen LogP contribution in [0.25, 0.3) is 0 Å². The van der Waals surface area contributed by atoms with Crippen molar-refractivity contribution in [2.45, 2.75) is 32.8 Å². The first-order valence-electron chi connectivity index (χ1n) is 8.01. The molecule has 1 aliphatic heterocycles. The van der Waals surface area contributed by atoms with E-state index in [1.54, 1.807) is 7.11 Å². The van der Waals surface area contributed by atoms with Gasteiger partial charge in [0.2, 0.25) is 0 Å². The molecule has 1 aromatic heterocycles. The molecule has 2 aromatic rings. The second kappa shape index (κ2) is 6.86.